The highest BCUT2D eigenvalue weighted by atomic mass is 32.1. The fourth-order valence-corrected chi connectivity index (χ4v) is 4.00. The first kappa shape index (κ1) is 14.1. The number of ether oxygens (including phenoxy) is 1. The molecular formula is C16H19N3O2S. The third-order valence-electron chi connectivity index (χ3n) is 4.26. The van der Waals surface area contributed by atoms with Crippen LogP contribution >= 0.6 is 11.3 Å². The van der Waals surface area contributed by atoms with Crippen molar-refractivity contribution in [2.24, 2.45) is 5.73 Å². The molecular weight excluding hydrogens is 298 g/mol. The van der Waals surface area contributed by atoms with Gasteiger partial charge >= 0.3 is 0 Å². The van der Waals surface area contributed by atoms with Gasteiger partial charge in [-0.1, -0.05) is 0 Å². The number of nitrogens with zero attached hydrogens (tertiary/aromatic N) is 1. The van der Waals surface area contributed by atoms with Crippen molar-refractivity contribution in [3.63, 3.8) is 0 Å². The van der Waals surface area contributed by atoms with Gasteiger partial charge in [0, 0.05) is 18.2 Å². The first-order valence-corrected chi connectivity index (χ1v) is 8.61. The number of hydrogen-bond acceptors (Lipinski definition) is 5. The molecule has 5 nitrogen and oxygen atoms in total. The SMILES string of the molecule is NC[C@H]1CC[C@@H](C(=O)Nc2ccc3nc(C4CC4)sc3c2)O1. The molecule has 2 fully saturated rings. The highest BCUT2D eigenvalue weighted by molar-refractivity contribution is 7.18. The Morgan fingerprint density at radius 2 is 2.23 bits per heavy atom. The molecule has 1 aromatic heterocycles. The van der Waals surface area contributed by atoms with Crippen molar-refractivity contribution in [1.82, 2.24) is 4.98 Å². The van der Waals surface area contributed by atoms with Gasteiger partial charge in [-0.2, -0.15) is 0 Å². The molecule has 3 N–H and O–H groups in total. The van der Waals surface area contributed by atoms with Crippen LogP contribution in [0.5, 0.6) is 0 Å². The average Bonchev–Trinajstić information content (AvgIpc) is 3.11. The maximum Gasteiger partial charge on any atom is 0.253 e. The molecule has 1 amide bonds. The smallest absolute Gasteiger partial charge is 0.253 e. The van der Waals surface area contributed by atoms with Gasteiger partial charge in [0.15, 0.2) is 0 Å². The molecule has 116 valence electrons. The van der Waals surface area contributed by atoms with Crippen molar-refractivity contribution in [3.05, 3.63) is 23.2 Å². The van der Waals surface area contributed by atoms with Crippen molar-refractivity contribution in [2.75, 3.05) is 11.9 Å². The van der Waals surface area contributed by atoms with E-state index in [4.69, 9.17) is 10.5 Å². The lowest BCUT2D eigenvalue weighted by Crippen LogP contribution is -2.29. The van der Waals surface area contributed by atoms with Crippen LogP contribution in [0.15, 0.2) is 18.2 Å². The predicted octanol–water partition coefficient (Wildman–Crippen LogP) is 2.62. The van der Waals surface area contributed by atoms with Crippen LogP contribution in [-0.2, 0) is 9.53 Å². The molecule has 2 atom stereocenters. The number of nitrogens with two attached hydrogens (primary N) is 1. The van der Waals surface area contributed by atoms with Crippen molar-refractivity contribution < 1.29 is 9.53 Å². The number of amides is 1. The van der Waals surface area contributed by atoms with Crippen LogP contribution < -0.4 is 11.1 Å². The van der Waals surface area contributed by atoms with Gasteiger partial charge in [0.2, 0.25) is 0 Å². The van der Waals surface area contributed by atoms with Gasteiger partial charge in [-0.15, -0.1) is 11.3 Å². The zero-order chi connectivity index (χ0) is 15.1. The summed E-state index contributed by atoms with van der Waals surface area (Å²) in [5.74, 6) is 0.581. The van der Waals surface area contributed by atoms with Gasteiger partial charge < -0.3 is 15.8 Å². The zero-order valence-electron chi connectivity index (χ0n) is 12.2. The number of fused-ring (bicyclic) bond motifs is 1. The second-order valence-electron chi connectivity index (χ2n) is 6.06. The summed E-state index contributed by atoms with van der Waals surface area (Å²) >= 11 is 1.74. The summed E-state index contributed by atoms with van der Waals surface area (Å²) in [6, 6.07) is 5.89. The van der Waals surface area contributed by atoms with Gasteiger partial charge in [0.05, 0.1) is 21.3 Å². The van der Waals surface area contributed by atoms with E-state index >= 15 is 0 Å². The van der Waals surface area contributed by atoms with Crippen LogP contribution in [0.1, 0.15) is 36.6 Å². The van der Waals surface area contributed by atoms with E-state index in [2.05, 4.69) is 10.3 Å². The Kier molecular flexibility index (Phi) is 3.60. The number of carbonyl (C=O) groups is 1. The van der Waals surface area contributed by atoms with Crippen LogP contribution in [0.3, 0.4) is 0 Å². The van der Waals surface area contributed by atoms with E-state index < -0.39 is 0 Å². The van der Waals surface area contributed by atoms with Crippen LogP contribution in [0.2, 0.25) is 0 Å². The number of thiazole rings is 1. The maximum atomic E-state index is 12.2. The van der Waals surface area contributed by atoms with E-state index in [0.29, 0.717) is 12.5 Å². The molecule has 0 radical (unpaired) electrons. The molecule has 2 heterocycles. The average molecular weight is 317 g/mol. The molecule has 0 bridgehead atoms. The number of aromatic nitrogens is 1. The molecule has 6 heteroatoms. The van der Waals surface area contributed by atoms with Gasteiger partial charge in [-0.3, -0.25) is 4.79 Å². The summed E-state index contributed by atoms with van der Waals surface area (Å²) in [6.45, 7) is 0.473. The zero-order valence-corrected chi connectivity index (χ0v) is 13.1. The summed E-state index contributed by atoms with van der Waals surface area (Å²) < 4.78 is 6.76. The number of benzene rings is 1. The molecule has 1 aliphatic heterocycles. The lowest BCUT2D eigenvalue weighted by atomic mass is 10.2. The molecule has 0 unspecified atom stereocenters. The second kappa shape index (κ2) is 5.61. The molecule has 1 aromatic carbocycles. The Hall–Kier alpha value is -1.50. The monoisotopic (exact) mass is 317 g/mol. The van der Waals surface area contributed by atoms with Crippen LogP contribution in [0, 0.1) is 0 Å². The summed E-state index contributed by atoms with van der Waals surface area (Å²) in [4.78, 5) is 16.9. The Bertz CT molecular complexity index is 710. The molecule has 2 aliphatic rings. The topological polar surface area (TPSA) is 77.2 Å². The van der Waals surface area contributed by atoms with E-state index in [1.165, 1.54) is 17.8 Å². The first-order chi connectivity index (χ1) is 10.7. The Labute approximate surface area is 132 Å². The van der Waals surface area contributed by atoms with E-state index in [0.717, 1.165) is 28.7 Å². The molecule has 4 rings (SSSR count). The fraction of sp³-hybridized carbons (Fsp3) is 0.500. The second-order valence-corrected chi connectivity index (χ2v) is 7.12. The van der Waals surface area contributed by atoms with Gasteiger partial charge in [-0.05, 0) is 43.9 Å². The number of nitrogens with one attached hydrogen (secondary N) is 1. The number of hydrogen-bond donors (Lipinski definition) is 2. The van der Waals surface area contributed by atoms with E-state index in [9.17, 15) is 4.79 Å². The van der Waals surface area contributed by atoms with Crippen molar-refractivity contribution >= 4 is 33.1 Å². The lowest BCUT2D eigenvalue weighted by Gasteiger charge is -2.12. The number of rotatable bonds is 4. The Morgan fingerprint density at radius 1 is 1.36 bits per heavy atom. The third-order valence-corrected chi connectivity index (χ3v) is 5.44. The number of carbonyl (C=O) groups excluding carboxylic acids is 1. The Balaban J connectivity index is 1.48. The molecule has 22 heavy (non-hydrogen) atoms. The standard InChI is InChI=1S/C16H19N3O2S/c17-8-11-4-6-13(21-11)15(20)18-10-3-5-12-14(7-10)22-16(19-12)9-1-2-9/h3,5,7,9,11,13H,1-2,4,6,8,17H2,(H,18,20)/t11-,13+/m1/s1. The fourth-order valence-electron chi connectivity index (χ4n) is 2.82. The first-order valence-electron chi connectivity index (χ1n) is 7.80. The van der Waals surface area contributed by atoms with Gasteiger partial charge in [0.1, 0.15) is 6.10 Å². The molecule has 0 spiro atoms. The van der Waals surface area contributed by atoms with Crippen molar-refractivity contribution in [2.45, 2.75) is 43.8 Å². The minimum Gasteiger partial charge on any atom is -0.364 e. The van der Waals surface area contributed by atoms with Gasteiger partial charge in [0.25, 0.3) is 5.91 Å². The highest BCUT2D eigenvalue weighted by Gasteiger charge is 2.30. The minimum absolute atomic E-state index is 0.0147. The van der Waals surface area contributed by atoms with Crippen LogP contribution in [0.4, 0.5) is 5.69 Å². The molecule has 2 aromatic rings. The summed E-state index contributed by atoms with van der Waals surface area (Å²) in [5.41, 5.74) is 7.41. The Morgan fingerprint density at radius 3 is 2.95 bits per heavy atom. The molecule has 1 saturated heterocycles. The van der Waals surface area contributed by atoms with E-state index in [1.807, 2.05) is 18.2 Å². The normalized spacial score (nSPS) is 24.8. The molecule has 1 aliphatic carbocycles. The highest BCUT2D eigenvalue weighted by Crippen LogP contribution is 2.43. The number of anilines is 1. The summed E-state index contributed by atoms with van der Waals surface area (Å²) in [5, 5.41) is 4.17. The predicted molar refractivity (Wildman–Crippen MR) is 87.2 cm³/mol. The van der Waals surface area contributed by atoms with E-state index in [-0.39, 0.29) is 18.1 Å². The lowest BCUT2D eigenvalue weighted by molar-refractivity contribution is -0.126. The van der Waals surface area contributed by atoms with Crippen LogP contribution in [-0.4, -0.2) is 29.6 Å². The van der Waals surface area contributed by atoms with Crippen LogP contribution in [0.25, 0.3) is 10.2 Å². The summed E-state index contributed by atoms with van der Waals surface area (Å²) in [7, 11) is 0. The third kappa shape index (κ3) is 2.74. The van der Waals surface area contributed by atoms with E-state index in [1.54, 1.807) is 11.3 Å². The quantitative estimate of drug-likeness (QED) is 0.909. The van der Waals surface area contributed by atoms with Gasteiger partial charge in [-0.25, -0.2) is 4.98 Å². The minimum atomic E-state index is -0.382. The summed E-state index contributed by atoms with van der Waals surface area (Å²) in [6.07, 6.45) is 3.74. The molecule has 1 saturated carbocycles. The largest absolute Gasteiger partial charge is 0.364 e. The maximum absolute atomic E-state index is 12.2. The van der Waals surface area contributed by atoms with Crippen molar-refractivity contribution in [1.29, 1.82) is 0 Å². The van der Waals surface area contributed by atoms with Crippen molar-refractivity contribution in [3.8, 4) is 0 Å².